The minimum atomic E-state index is 0. The predicted molar refractivity (Wildman–Crippen MR) is 134 cm³/mol. The molecule has 0 amide bonds. The summed E-state index contributed by atoms with van der Waals surface area (Å²) >= 11 is 1.88. The van der Waals surface area contributed by atoms with E-state index in [1.807, 2.05) is 11.8 Å². The van der Waals surface area contributed by atoms with E-state index >= 15 is 0 Å². The summed E-state index contributed by atoms with van der Waals surface area (Å²) in [7, 11) is 2.21. The molecular formula is C21H38IN5S. The lowest BCUT2D eigenvalue weighted by molar-refractivity contribution is 0.152. The van der Waals surface area contributed by atoms with E-state index in [1.165, 1.54) is 50.5 Å². The summed E-state index contributed by atoms with van der Waals surface area (Å²) in [4.78, 5) is 11.1. The van der Waals surface area contributed by atoms with Gasteiger partial charge in [-0.15, -0.1) is 35.7 Å². The predicted octanol–water partition coefficient (Wildman–Crippen LogP) is 3.37. The molecule has 2 N–H and O–H groups in total. The van der Waals surface area contributed by atoms with E-state index in [0.717, 1.165) is 25.6 Å². The summed E-state index contributed by atoms with van der Waals surface area (Å²) in [6.07, 6.45) is 2.43. The third-order valence-corrected chi connectivity index (χ3v) is 5.82. The highest BCUT2D eigenvalue weighted by molar-refractivity contribution is 14.0. The number of aliphatic imine (C=N–C) groups is 1. The number of hydrogen-bond donors (Lipinski definition) is 2. The van der Waals surface area contributed by atoms with Gasteiger partial charge < -0.3 is 20.4 Å². The smallest absolute Gasteiger partial charge is 0.191 e. The van der Waals surface area contributed by atoms with Gasteiger partial charge >= 0.3 is 0 Å². The van der Waals surface area contributed by atoms with Crippen LogP contribution in [0.3, 0.4) is 0 Å². The van der Waals surface area contributed by atoms with Crippen LogP contribution in [0.25, 0.3) is 0 Å². The third-order valence-electron chi connectivity index (χ3n) is 4.72. The van der Waals surface area contributed by atoms with Crippen molar-refractivity contribution in [3.8, 4) is 0 Å². The van der Waals surface area contributed by atoms with Crippen LogP contribution in [-0.2, 0) is 0 Å². The monoisotopic (exact) mass is 519 g/mol. The quantitative estimate of drug-likeness (QED) is 0.163. The van der Waals surface area contributed by atoms with Gasteiger partial charge in [-0.25, -0.2) is 0 Å². The zero-order valence-electron chi connectivity index (χ0n) is 17.7. The van der Waals surface area contributed by atoms with Crippen LogP contribution in [0.4, 0.5) is 0 Å². The number of piperazine rings is 1. The summed E-state index contributed by atoms with van der Waals surface area (Å²) < 4.78 is 0. The van der Waals surface area contributed by atoms with Gasteiger partial charge in [0.05, 0.1) is 6.54 Å². The van der Waals surface area contributed by atoms with Gasteiger partial charge in [0.2, 0.25) is 0 Å². The second kappa shape index (κ2) is 15.3. The van der Waals surface area contributed by atoms with Gasteiger partial charge in [-0.05, 0) is 45.5 Å². The topological polar surface area (TPSA) is 42.9 Å². The molecule has 28 heavy (non-hydrogen) atoms. The normalized spacial score (nSPS) is 17.0. The summed E-state index contributed by atoms with van der Waals surface area (Å²) in [5.74, 6) is 0.942. The molecule has 1 aromatic rings. The maximum absolute atomic E-state index is 4.76. The van der Waals surface area contributed by atoms with E-state index in [2.05, 4.69) is 71.7 Å². The molecule has 160 valence electrons. The Labute approximate surface area is 193 Å². The molecule has 1 heterocycles. The first kappa shape index (κ1) is 25.5. The molecule has 0 radical (unpaired) electrons. The van der Waals surface area contributed by atoms with Crippen LogP contribution in [0.2, 0.25) is 0 Å². The fraction of sp³-hybridized carbons (Fsp3) is 0.667. The first-order valence-electron chi connectivity index (χ1n) is 10.3. The lowest BCUT2D eigenvalue weighted by Crippen LogP contribution is -2.44. The van der Waals surface area contributed by atoms with Crippen molar-refractivity contribution in [1.82, 2.24) is 20.4 Å². The molecular weight excluding hydrogens is 481 g/mol. The Balaban J connectivity index is 0.00000392. The van der Waals surface area contributed by atoms with E-state index in [0.29, 0.717) is 5.25 Å². The number of rotatable bonds is 10. The molecule has 1 aromatic carbocycles. The second-order valence-electron chi connectivity index (χ2n) is 7.24. The van der Waals surface area contributed by atoms with Crippen LogP contribution in [-0.4, -0.2) is 80.4 Å². The Morgan fingerprint density at radius 2 is 1.82 bits per heavy atom. The number of likely N-dealkylation sites (N-methyl/N-ethyl adjacent to an activating group) is 1. The van der Waals surface area contributed by atoms with Gasteiger partial charge in [0.1, 0.15) is 0 Å². The standard InChI is InChI=1S/C21H37N5S.HI/c1-4-22-21(24-18-19(2)27-20-10-6-5-7-11-20)23-12-8-9-13-26-16-14-25(3)15-17-26;/h5-7,10-11,19H,4,8-9,12-18H2,1-3H3,(H2,22,23,24);1H. The van der Waals surface area contributed by atoms with Crippen LogP contribution in [0.15, 0.2) is 40.2 Å². The molecule has 0 spiro atoms. The summed E-state index contributed by atoms with van der Waals surface area (Å²) in [5.41, 5.74) is 0. The number of halogens is 1. The molecule has 1 unspecified atom stereocenters. The first-order valence-corrected chi connectivity index (χ1v) is 11.2. The lowest BCUT2D eigenvalue weighted by atomic mass is 10.2. The maximum atomic E-state index is 4.76. The summed E-state index contributed by atoms with van der Waals surface area (Å²) in [5, 5.41) is 7.31. The number of benzene rings is 1. The minimum Gasteiger partial charge on any atom is -0.357 e. The molecule has 1 saturated heterocycles. The number of nitrogens with one attached hydrogen (secondary N) is 2. The van der Waals surface area contributed by atoms with E-state index in [9.17, 15) is 0 Å². The van der Waals surface area contributed by atoms with Crippen molar-refractivity contribution < 1.29 is 0 Å². The van der Waals surface area contributed by atoms with Crippen LogP contribution < -0.4 is 10.6 Å². The number of hydrogen-bond acceptors (Lipinski definition) is 4. The number of guanidine groups is 1. The third kappa shape index (κ3) is 10.9. The van der Waals surface area contributed by atoms with Gasteiger partial charge in [-0.2, -0.15) is 0 Å². The van der Waals surface area contributed by atoms with Gasteiger partial charge in [0.25, 0.3) is 0 Å². The number of thioether (sulfide) groups is 1. The van der Waals surface area contributed by atoms with Gasteiger partial charge in [-0.1, -0.05) is 25.1 Å². The van der Waals surface area contributed by atoms with Crippen molar-refractivity contribution in [2.75, 3.05) is 59.4 Å². The molecule has 2 rings (SSSR count). The molecule has 1 aliphatic heterocycles. The highest BCUT2D eigenvalue weighted by atomic mass is 127. The zero-order valence-corrected chi connectivity index (χ0v) is 20.8. The SMILES string of the molecule is CCNC(=NCC(C)Sc1ccccc1)NCCCCN1CCN(C)CC1.I. The van der Waals surface area contributed by atoms with E-state index < -0.39 is 0 Å². The van der Waals surface area contributed by atoms with E-state index in [4.69, 9.17) is 4.99 Å². The molecule has 1 fully saturated rings. The Morgan fingerprint density at radius 1 is 1.11 bits per heavy atom. The molecule has 1 atom stereocenters. The average molecular weight is 520 g/mol. The van der Waals surface area contributed by atoms with E-state index in [1.54, 1.807) is 0 Å². The highest BCUT2D eigenvalue weighted by Gasteiger charge is 2.12. The number of nitrogens with zero attached hydrogens (tertiary/aromatic N) is 3. The molecule has 0 saturated carbocycles. The van der Waals surface area contributed by atoms with Gasteiger partial charge in [-0.3, -0.25) is 4.99 Å². The zero-order chi connectivity index (χ0) is 19.3. The van der Waals surface area contributed by atoms with Crippen molar-refractivity contribution in [1.29, 1.82) is 0 Å². The summed E-state index contributed by atoms with van der Waals surface area (Å²) in [6.45, 7) is 13.1. The second-order valence-corrected chi connectivity index (χ2v) is 8.75. The molecule has 1 aliphatic rings. The largest absolute Gasteiger partial charge is 0.357 e. The van der Waals surface area contributed by atoms with Gasteiger partial charge in [0, 0.05) is 49.4 Å². The molecule has 0 aliphatic carbocycles. The molecule has 0 bridgehead atoms. The molecule has 7 heteroatoms. The van der Waals surface area contributed by atoms with Crippen LogP contribution in [0.5, 0.6) is 0 Å². The van der Waals surface area contributed by atoms with Crippen molar-refractivity contribution in [3.63, 3.8) is 0 Å². The molecule has 0 aromatic heterocycles. The highest BCUT2D eigenvalue weighted by Crippen LogP contribution is 2.22. The van der Waals surface area contributed by atoms with Crippen molar-refractivity contribution in [3.05, 3.63) is 30.3 Å². The number of unbranched alkanes of at least 4 members (excludes halogenated alkanes) is 1. The minimum absolute atomic E-state index is 0. The first-order chi connectivity index (χ1) is 13.2. The van der Waals surface area contributed by atoms with Crippen molar-refractivity contribution in [2.24, 2.45) is 4.99 Å². The summed E-state index contributed by atoms with van der Waals surface area (Å²) in [6, 6.07) is 10.6. The van der Waals surface area contributed by atoms with Crippen molar-refractivity contribution >= 4 is 41.7 Å². The van der Waals surface area contributed by atoms with Crippen molar-refractivity contribution in [2.45, 2.75) is 36.8 Å². The fourth-order valence-corrected chi connectivity index (χ4v) is 4.00. The van der Waals surface area contributed by atoms with Gasteiger partial charge in [0.15, 0.2) is 5.96 Å². The Hall–Kier alpha value is -0.510. The van der Waals surface area contributed by atoms with E-state index in [-0.39, 0.29) is 24.0 Å². The lowest BCUT2D eigenvalue weighted by Gasteiger charge is -2.32. The average Bonchev–Trinajstić information content (AvgIpc) is 2.68. The Bertz CT molecular complexity index is 535. The van der Waals surface area contributed by atoms with Crippen LogP contribution in [0.1, 0.15) is 26.7 Å². The maximum Gasteiger partial charge on any atom is 0.191 e. The Morgan fingerprint density at radius 3 is 2.50 bits per heavy atom. The fourth-order valence-electron chi connectivity index (χ4n) is 3.07. The van der Waals surface area contributed by atoms with Crippen LogP contribution in [0, 0.1) is 0 Å². The molecule has 5 nitrogen and oxygen atoms in total. The Kier molecular flexibility index (Phi) is 14.0. The van der Waals surface area contributed by atoms with Crippen LogP contribution >= 0.6 is 35.7 Å².